The van der Waals surface area contributed by atoms with E-state index in [1.54, 1.807) is 25.1 Å². The highest BCUT2D eigenvalue weighted by Gasteiger charge is 2.42. The maximum absolute atomic E-state index is 15.7. The van der Waals surface area contributed by atoms with Gasteiger partial charge in [0.15, 0.2) is 0 Å². The average molecular weight is 519 g/mol. The largest absolute Gasteiger partial charge is 0.390 e. The van der Waals surface area contributed by atoms with Crippen molar-refractivity contribution in [2.75, 3.05) is 38.1 Å². The second-order valence-electron chi connectivity index (χ2n) is 10.5. The van der Waals surface area contributed by atoms with Crippen LogP contribution in [0.25, 0.3) is 10.9 Å². The number of aliphatic hydroxyl groups excluding tert-OH is 1. The number of halogens is 4. The number of unbranched alkanes of at least 4 members (excludes halogenated alkanes) is 1. The standard InChI is InChI=1S/C28H34F4N4O/c1-3-4-9-35-13-20(14-35)33-19-6-7-21(24(30)12-19)27-26-23(22-11-18(29)5-8-25(22)34-26)10-17(2)36(27)15-28(31,32)16-37/h5-8,11-12,17,20,27,33-34,37H,3-4,9-10,13-16H2,1-2H3/t17-,27-/m1/s1. The lowest BCUT2D eigenvalue weighted by atomic mass is 9.88. The fourth-order valence-corrected chi connectivity index (χ4v) is 5.73. The number of H-pyrrole nitrogens is 1. The minimum Gasteiger partial charge on any atom is -0.390 e. The molecule has 9 heteroatoms. The van der Waals surface area contributed by atoms with Crippen LogP contribution in [0.5, 0.6) is 0 Å². The van der Waals surface area contributed by atoms with E-state index in [-0.39, 0.29) is 11.6 Å². The molecule has 37 heavy (non-hydrogen) atoms. The Morgan fingerprint density at radius 1 is 1.14 bits per heavy atom. The first-order chi connectivity index (χ1) is 17.7. The van der Waals surface area contributed by atoms with Crippen molar-refractivity contribution >= 4 is 16.6 Å². The van der Waals surface area contributed by atoms with Crippen LogP contribution in [0.15, 0.2) is 36.4 Å². The van der Waals surface area contributed by atoms with E-state index < -0.39 is 42.8 Å². The van der Waals surface area contributed by atoms with Crippen molar-refractivity contribution in [1.29, 1.82) is 0 Å². The van der Waals surface area contributed by atoms with E-state index in [2.05, 4.69) is 22.1 Å². The maximum atomic E-state index is 15.7. The molecule has 0 unspecified atom stereocenters. The van der Waals surface area contributed by atoms with Crippen LogP contribution < -0.4 is 5.32 Å². The van der Waals surface area contributed by atoms with Gasteiger partial charge >= 0.3 is 0 Å². The third kappa shape index (κ3) is 5.22. The minimum absolute atomic E-state index is 0.242. The summed E-state index contributed by atoms with van der Waals surface area (Å²) in [6.45, 7) is 4.81. The molecule has 2 aromatic carbocycles. The highest BCUT2D eigenvalue weighted by molar-refractivity contribution is 5.85. The Bertz CT molecular complexity index is 1260. The molecule has 1 aromatic heterocycles. The van der Waals surface area contributed by atoms with Crippen molar-refractivity contribution in [3.63, 3.8) is 0 Å². The third-order valence-electron chi connectivity index (χ3n) is 7.67. The monoisotopic (exact) mass is 518 g/mol. The molecule has 200 valence electrons. The molecule has 3 heterocycles. The Labute approximate surface area is 214 Å². The van der Waals surface area contributed by atoms with Gasteiger partial charge in [-0.1, -0.05) is 19.4 Å². The number of aromatic amines is 1. The fraction of sp³-hybridized carbons (Fsp3) is 0.500. The number of benzene rings is 2. The number of aromatic nitrogens is 1. The highest BCUT2D eigenvalue weighted by Crippen LogP contribution is 2.43. The zero-order chi connectivity index (χ0) is 26.3. The number of rotatable bonds is 9. The summed E-state index contributed by atoms with van der Waals surface area (Å²) in [5.41, 5.74) is 2.97. The summed E-state index contributed by atoms with van der Waals surface area (Å²) in [4.78, 5) is 7.15. The molecule has 0 bridgehead atoms. The first kappa shape index (κ1) is 26.0. The molecule has 5 nitrogen and oxygen atoms in total. The van der Waals surface area contributed by atoms with E-state index in [1.807, 2.05) is 0 Å². The molecule has 2 aliphatic heterocycles. The second kappa shape index (κ2) is 10.3. The van der Waals surface area contributed by atoms with Crippen LogP contribution in [-0.4, -0.2) is 70.7 Å². The van der Waals surface area contributed by atoms with Crippen molar-refractivity contribution in [2.24, 2.45) is 0 Å². The first-order valence-corrected chi connectivity index (χ1v) is 13.0. The van der Waals surface area contributed by atoms with Gasteiger partial charge in [-0.15, -0.1) is 0 Å². The Balaban J connectivity index is 1.47. The number of aliphatic hydroxyl groups is 1. The summed E-state index contributed by atoms with van der Waals surface area (Å²) in [5, 5.41) is 13.3. The van der Waals surface area contributed by atoms with Crippen molar-refractivity contribution in [1.82, 2.24) is 14.8 Å². The van der Waals surface area contributed by atoms with E-state index in [4.69, 9.17) is 0 Å². The molecule has 1 fully saturated rings. The molecule has 5 rings (SSSR count). The molecule has 0 saturated carbocycles. The van der Waals surface area contributed by atoms with Crippen LogP contribution in [0.4, 0.5) is 23.2 Å². The number of nitrogens with one attached hydrogen (secondary N) is 2. The summed E-state index contributed by atoms with van der Waals surface area (Å²) in [7, 11) is 0. The number of likely N-dealkylation sites (tertiary alicyclic amines) is 1. The molecule has 0 radical (unpaired) electrons. The summed E-state index contributed by atoms with van der Waals surface area (Å²) in [6.07, 6.45) is 2.70. The van der Waals surface area contributed by atoms with Crippen LogP contribution in [0.2, 0.25) is 0 Å². The van der Waals surface area contributed by atoms with E-state index >= 15 is 4.39 Å². The van der Waals surface area contributed by atoms with Crippen molar-refractivity contribution in [3.8, 4) is 0 Å². The zero-order valence-corrected chi connectivity index (χ0v) is 21.2. The molecule has 0 amide bonds. The Morgan fingerprint density at radius 2 is 1.92 bits per heavy atom. The lowest BCUT2D eigenvalue weighted by Gasteiger charge is -2.42. The topological polar surface area (TPSA) is 54.5 Å². The summed E-state index contributed by atoms with van der Waals surface area (Å²) >= 11 is 0. The lowest BCUT2D eigenvalue weighted by molar-refractivity contribution is -0.0866. The molecule has 3 aromatic rings. The predicted molar refractivity (Wildman–Crippen MR) is 137 cm³/mol. The van der Waals surface area contributed by atoms with E-state index in [0.29, 0.717) is 28.7 Å². The van der Waals surface area contributed by atoms with Gasteiger partial charge in [0.25, 0.3) is 5.92 Å². The van der Waals surface area contributed by atoms with Crippen LogP contribution in [-0.2, 0) is 6.42 Å². The van der Waals surface area contributed by atoms with Gasteiger partial charge in [0.2, 0.25) is 0 Å². The number of hydrogen-bond acceptors (Lipinski definition) is 4. The Hall–Kier alpha value is -2.62. The van der Waals surface area contributed by atoms with Crippen LogP contribution in [0.3, 0.4) is 0 Å². The molecule has 3 N–H and O–H groups in total. The van der Waals surface area contributed by atoms with E-state index in [0.717, 1.165) is 38.0 Å². The van der Waals surface area contributed by atoms with Crippen molar-refractivity contribution in [3.05, 3.63) is 64.9 Å². The molecular formula is C28H34F4N4O. The summed E-state index contributed by atoms with van der Waals surface area (Å²) < 4.78 is 58.6. The number of anilines is 1. The van der Waals surface area contributed by atoms with Gasteiger partial charge in [0, 0.05) is 47.0 Å². The van der Waals surface area contributed by atoms with Gasteiger partial charge in [-0.05, 0) is 62.2 Å². The lowest BCUT2D eigenvalue weighted by Crippen LogP contribution is -2.54. The summed E-state index contributed by atoms with van der Waals surface area (Å²) in [6, 6.07) is 8.25. The third-order valence-corrected chi connectivity index (χ3v) is 7.67. The van der Waals surface area contributed by atoms with E-state index in [1.165, 1.54) is 23.1 Å². The first-order valence-electron chi connectivity index (χ1n) is 13.0. The number of hydrogen-bond donors (Lipinski definition) is 3. The molecule has 2 aliphatic rings. The van der Waals surface area contributed by atoms with Gasteiger partial charge in [-0.3, -0.25) is 9.80 Å². The van der Waals surface area contributed by atoms with Gasteiger partial charge in [0.1, 0.15) is 18.2 Å². The SMILES string of the molecule is CCCCN1CC(Nc2ccc([C@@H]3c4[nH]c5ccc(F)cc5c4C[C@@H](C)N3CC(F)(F)CO)c(F)c2)C1. The number of fused-ring (bicyclic) bond motifs is 3. The number of nitrogens with zero attached hydrogens (tertiary/aromatic N) is 2. The van der Waals surface area contributed by atoms with Crippen LogP contribution in [0, 0.1) is 11.6 Å². The van der Waals surface area contributed by atoms with Crippen LogP contribution in [0.1, 0.15) is 49.6 Å². The molecule has 1 saturated heterocycles. The smallest absolute Gasteiger partial charge is 0.283 e. The van der Waals surface area contributed by atoms with Gasteiger partial charge in [-0.2, -0.15) is 0 Å². The van der Waals surface area contributed by atoms with Gasteiger partial charge < -0.3 is 15.4 Å². The molecule has 0 aliphatic carbocycles. The molecule has 2 atom stereocenters. The quantitative estimate of drug-likeness (QED) is 0.336. The van der Waals surface area contributed by atoms with Crippen molar-refractivity contribution < 1.29 is 22.7 Å². The van der Waals surface area contributed by atoms with Gasteiger partial charge in [-0.25, -0.2) is 17.6 Å². The molecule has 0 spiro atoms. The average Bonchev–Trinajstić information content (AvgIpc) is 3.18. The fourth-order valence-electron chi connectivity index (χ4n) is 5.73. The Kier molecular flexibility index (Phi) is 7.22. The van der Waals surface area contributed by atoms with Gasteiger partial charge in [0.05, 0.1) is 18.6 Å². The van der Waals surface area contributed by atoms with E-state index in [9.17, 15) is 18.3 Å². The van der Waals surface area contributed by atoms with Crippen molar-refractivity contribution in [2.45, 2.75) is 57.2 Å². The van der Waals surface area contributed by atoms with Crippen LogP contribution >= 0.6 is 0 Å². The normalized spacial score (nSPS) is 21.3. The highest BCUT2D eigenvalue weighted by atomic mass is 19.3. The second-order valence-corrected chi connectivity index (χ2v) is 10.5. The predicted octanol–water partition coefficient (Wildman–Crippen LogP) is 5.31. The zero-order valence-electron chi connectivity index (χ0n) is 21.2. The number of alkyl halides is 2. The molecular weight excluding hydrogens is 484 g/mol. The maximum Gasteiger partial charge on any atom is 0.283 e. The summed E-state index contributed by atoms with van der Waals surface area (Å²) in [5.74, 6) is -4.24. The minimum atomic E-state index is -3.35. The Morgan fingerprint density at radius 3 is 2.62 bits per heavy atom.